The van der Waals surface area contributed by atoms with Crippen molar-refractivity contribution in [3.63, 3.8) is 0 Å². The summed E-state index contributed by atoms with van der Waals surface area (Å²) in [6.07, 6.45) is -4.37. The van der Waals surface area contributed by atoms with E-state index < -0.39 is 17.2 Å². The number of halogens is 4. The molecule has 0 saturated carbocycles. The maximum Gasteiger partial charge on any atom is 0.416 e. The number of methoxy groups -OCH3 is 1. The maximum absolute atomic E-state index is 12.9. The molecule has 0 amide bonds. The summed E-state index contributed by atoms with van der Waals surface area (Å²) in [6, 6.07) is 12.4. The van der Waals surface area contributed by atoms with E-state index in [1.54, 1.807) is 37.4 Å². The number of alkyl halides is 3. The normalized spacial score (nSPS) is 12.3. The van der Waals surface area contributed by atoms with Crippen LogP contribution in [0.2, 0.25) is 0 Å². The molecule has 4 nitrogen and oxygen atoms in total. The van der Waals surface area contributed by atoms with Gasteiger partial charge in [-0.3, -0.25) is 4.99 Å². The Morgan fingerprint density at radius 3 is 2.22 bits per heavy atom. The van der Waals surface area contributed by atoms with E-state index in [9.17, 15) is 13.2 Å². The van der Waals surface area contributed by atoms with E-state index in [4.69, 9.17) is 10.5 Å². The summed E-state index contributed by atoms with van der Waals surface area (Å²) in [5.41, 5.74) is 5.90. The fraction of sp³-hybridized carbons (Fsp3) is 0.316. The molecule has 0 unspecified atom stereocenters. The van der Waals surface area contributed by atoms with E-state index in [0.29, 0.717) is 5.56 Å². The fourth-order valence-corrected chi connectivity index (χ4v) is 2.35. The maximum atomic E-state index is 12.9. The molecule has 0 atom stereocenters. The van der Waals surface area contributed by atoms with Gasteiger partial charge in [0, 0.05) is 11.1 Å². The lowest BCUT2D eigenvalue weighted by Crippen LogP contribution is -2.28. The Bertz CT molecular complexity index is 775. The summed E-state index contributed by atoms with van der Waals surface area (Å²) < 4.78 is 43.8. The van der Waals surface area contributed by atoms with Crippen molar-refractivity contribution in [3.8, 4) is 5.75 Å². The van der Waals surface area contributed by atoms with Gasteiger partial charge < -0.3 is 15.8 Å². The zero-order chi connectivity index (χ0) is 19.4. The lowest BCUT2D eigenvalue weighted by molar-refractivity contribution is -0.137. The number of aliphatic imine (C=N–C) groups is 1. The minimum Gasteiger partial charge on any atom is -0.497 e. The number of benzene rings is 2. The molecule has 0 spiro atoms. The molecule has 0 fully saturated rings. The minimum absolute atomic E-state index is 0. The fourth-order valence-electron chi connectivity index (χ4n) is 2.35. The van der Waals surface area contributed by atoms with Gasteiger partial charge in [0.2, 0.25) is 0 Å². The highest BCUT2D eigenvalue weighted by atomic mass is 127. The molecule has 0 aliphatic rings. The molecule has 8 heteroatoms. The number of rotatable bonds is 5. The number of nitrogens with zero attached hydrogens (tertiary/aromatic N) is 1. The minimum atomic E-state index is -4.37. The lowest BCUT2D eigenvalue weighted by atomic mass is 9.84. The van der Waals surface area contributed by atoms with Crippen molar-refractivity contribution < 1.29 is 17.9 Å². The molecule has 148 valence electrons. The van der Waals surface area contributed by atoms with Gasteiger partial charge in [-0.05, 0) is 35.9 Å². The van der Waals surface area contributed by atoms with Crippen LogP contribution in [0.4, 0.5) is 18.9 Å². The second-order valence-corrected chi connectivity index (χ2v) is 6.52. The van der Waals surface area contributed by atoms with Crippen LogP contribution >= 0.6 is 24.0 Å². The Morgan fingerprint density at radius 2 is 1.67 bits per heavy atom. The number of anilines is 1. The molecule has 0 saturated heterocycles. The second kappa shape index (κ2) is 9.29. The van der Waals surface area contributed by atoms with Crippen LogP contribution in [0.3, 0.4) is 0 Å². The highest BCUT2D eigenvalue weighted by Crippen LogP contribution is 2.32. The average Bonchev–Trinajstić information content (AvgIpc) is 2.60. The van der Waals surface area contributed by atoms with Gasteiger partial charge >= 0.3 is 6.18 Å². The molecule has 2 rings (SSSR count). The van der Waals surface area contributed by atoms with E-state index in [1.807, 2.05) is 13.8 Å². The quantitative estimate of drug-likeness (QED) is 0.349. The third-order valence-corrected chi connectivity index (χ3v) is 3.98. The van der Waals surface area contributed by atoms with Crippen LogP contribution in [0.25, 0.3) is 0 Å². The first kappa shape index (κ1) is 23.1. The summed E-state index contributed by atoms with van der Waals surface area (Å²) in [7, 11) is 1.58. The summed E-state index contributed by atoms with van der Waals surface area (Å²) in [5, 5.41) is 2.95. The van der Waals surface area contributed by atoms with Crippen LogP contribution in [-0.2, 0) is 11.6 Å². The smallest absolute Gasteiger partial charge is 0.416 e. The topological polar surface area (TPSA) is 59.6 Å². The first-order chi connectivity index (χ1) is 12.1. The Hall–Kier alpha value is -1.97. The molecule has 27 heavy (non-hydrogen) atoms. The van der Waals surface area contributed by atoms with Gasteiger partial charge in [-0.15, -0.1) is 24.0 Å². The number of guanidine groups is 1. The molecule has 0 aromatic heterocycles. The van der Waals surface area contributed by atoms with Crippen LogP contribution in [0.15, 0.2) is 53.5 Å². The van der Waals surface area contributed by atoms with E-state index in [0.717, 1.165) is 23.6 Å². The van der Waals surface area contributed by atoms with E-state index >= 15 is 0 Å². The second-order valence-electron chi connectivity index (χ2n) is 6.52. The predicted molar refractivity (Wildman–Crippen MR) is 113 cm³/mol. The van der Waals surface area contributed by atoms with Gasteiger partial charge in [0.05, 0.1) is 19.2 Å². The van der Waals surface area contributed by atoms with E-state index in [2.05, 4.69) is 10.3 Å². The Labute approximate surface area is 174 Å². The van der Waals surface area contributed by atoms with Gasteiger partial charge in [0.25, 0.3) is 0 Å². The third-order valence-electron chi connectivity index (χ3n) is 3.98. The summed E-state index contributed by atoms with van der Waals surface area (Å²) >= 11 is 0. The number of nitrogens with one attached hydrogen (secondary N) is 1. The van der Waals surface area contributed by atoms with Crippen molar-refractivity contribution in [1.82, 2.24) is 0 Å². The van der Waals surface area contributed by atoms with Crippen LogP contribution in [0.1, 0.15) is 25.0 Å². The van der Waals surface area contributed by atoms with Crippen molar-refractivity contribution in [3.05, 3.63) is 59.7 Å². The van der Waals surface area contributed by atoms with Gasteiger partial charge in [0.15, 0.2) is 5.96 Å². The largest absolute Gasteiger partial charge is 0.497 e. The number of hydrogen-bond donors (Lipinski definition) is 2. The molecular weight excluding hydrogens is 470 g/mol. The zero-order valence-electron chi connectivity index (χ0n) is 15.3. The first-order valence-corrected chi connectivity index (χ1v) is 8.00. The van der Waals surface area contributed by atoms with Crippen LogP contribution < -0.4 is 15.8 Å². The Morgan fingerprint density at radius 1 is 1.07 bits per heavy atom. The summed E-state index contributed by atoms with van der Waals surface area (Å²) in [4.78, 5) is 4.27. The van der Waals surface area contributed by atoms with Gasteiger partial charge in [-0.25, -0.2) is 0 Å². The van der Waals surface area contributed by atoms with Gasteiger partial charge in [0.1, 0.15) is 5.75 Å². The predicted octanol–water partition coefficient (Wildman–Crippen LogP) is 5.04. The Kier molecular flexibility index (Phi) is 7.94. The molecule has 0 heterocycles. The van der Waals surface area contributed by atoms with Gasteiger partial charge in [-0.1, -0.05) is 32.0 Å². The molecular formula is C19H23F3IN3O. The Balaban J connectivity index is 0.00000364. The highest BCUT2D eigenvalue weighted by Gasteiger charge is 2.32. The molecule has 3 N–H and O–H groups in total. The molecule has 2 aromatic rings. The van der Waals surface area contributed by atoms with Crippen molar-refractivity contribution >= 4 is 35.6 Å². The van der Waals surface area contributed by atoms with E-state index in [-0.39, 0.29) is 36.5 Å². The number of hydrogen-bond acceptors (Lipinski definition) is 2. The lowest BCUT2D eigenvalue weighted by Gasteiger charge is -2.24. The van der Waals surface area contributed by atoms with E-state index in [1.165, 1.54) is 6.07 Å². The zero-order valence-corrected chi connectivity index (χ0v) is 17.6. The SMILES string of the molecule is COc1ccc(NC(N)=NCC(C)(C)c2cccc(C(F)(F)F)c2)cc1.I. The standard InChI is InChI=1S/C19H22F3N3O.HI/c1-18(2,13-5-4-6-14(11-13)19(20,21)22)12-24-17(23)25-15-7-9-16(26-3)10-8-15;/h4-11H,12H2,1-3H3,(H3,23,24,25);1H. The monoisotopic (exact) mass is 493 g/mol. The number of nitrogens with two attached hydrogens (primary N) is 1. The average molecular weight is 493 g/mol. The third kappa shape index (κ3) is 6.60. The first-order valence-electron chi connectivity index (χ1n) is 8.00. The van der Waals surface area contributed by atoms with Crippen molar-refractivity contribution in [1.29, 1.82) is 0 Å². The van der Waals surface area contributed by atoms with Gasteiger partial charge in [-0.2, -0.15) is 13.2 Å². The molecule has 2 aromatic carbocycles. The van der Waals surface area contributed by atoms with Crippen LogP contribution in [0.5, 0.6) is 5.75 Å². The summed E-state index contributed by atoms with van der Waals surface area (Å²) in [5.74, 6) is 0.909. The van der Waals surface area contributed by atoms with Crippen LogP contribution in [-0.4, -0.2) is 19.6 Å². The van der Waals surface area contributed by atoms with Crippen molar-refractivity contribution in [2.24, 2.45) is 10.7 Å². The van der Waals surface area contributed by atoms with Crippen molar-refractivity contribution in [2.45, 2.75) is 25.4 Å². The molecule has 0 radical (unpaired) electrons. The molecule has 0 bridgehead atoms. The highest BCUT2D eigenvalue weighted by molar-refractivity contribution is 14.0. The van der Waals surface area contributed by atoms with Crippen molar-refractivity contribution in [2.75, 3.05) is 19.0 Å². The molecule has 0 aliphatic heterocycles. The van der Waals surface area contributed by atoms with Crippen LogP contribution in [0, 0.1) is 0 Å². The summed E-state index contributed by atoms with van der Waals surface area (Å²) in [6.45, 7) is 3.89. The molecule has 0 aliphatic carbocycles. The number of ether oxygens (including phenoxy) is 1.